The molecule has 0 radical (unpaired) electrons. The third kappa shape index (κ3) is 6.37. The van der Waals surface area contributed by atoms with Crippen LogP contribution in [0.15, 0.2) is 0 Å². The number of aliphatic hydroxyl groups excluding tert-OH is 12. The third-order valence-electron chi connectivity index (χ3n) is 5.76. The highest BCUT2D eigenvalue weighted by Gasteiger charge is 2.49. The fourth-order valence-corrected chi connectivity index (χ4v) is 3.63. The lowest BCUT2D eigenvalue weighted by molar-refractivity contribution is -0.341. The Kier molecular flexibility index (Phi) is 11.4. The summed E-state index contributed by atoms with van der Waals surface area (Å²) in [6.45, 7) is -3.57. The third-order valence-corrected chi connectivity index (χ3v) is 5.76. The molecule has 0 aromatic heterocycles. The van der Waals surface area contributed by atoms with Gasteiger partial charge in [-0.25, -0.2) is 0 Å². The summed E-state index contributed by atoms with van der Waals surface area (Å²) in [7, 11) is 0. The van der Waals surface area contributed by atoms with Crippen molar-refractivity contribution in [2.75, 3.05) is 26.4 Å². The number of hydrogen-bond donors (Lipinski definition) is 12. The van der Waals surface area contributed by atoms with E-state index in [0.29, 0.717) is 0 Å². The molecule has 0 aromatic carbocycles. The number of rotatable bonds is 11. The van der Waals surface area contributed by atoms with Crippen LogP contribution < -0.4 is 0 Å². The largest absolute Gasteiger partial charge is 0.394 e. The van der Waals surface area contributed by atoms with Crippen molar-refractivity contribution in [3.8, 4) is 0 Å². The zero-order valence-corrected chi connectivity index (χ0v) is 17.9. The van der Waals surface area contributed by atoms with Gasteiger partial charge in [-0.15, -0.1) is 0 Å². The highest BCUT2D eigenvalue weighted by molar-refractivity contribution is 4.93. The van der Waals surface area contributed by atoms with Gasteiger partial charge >= 0.3 is 0 Å². The molecule has 2 aliphatic heterocycles. The molecule has 2 aliphatic rings. The number of hydrogen-bond acceptors (Lipinski definition) is 16. The first-order valence-corrected chi connectivity index (χ1v) is 10.5. The molecule has 2 fully saturated rings. The predicted octanol–water partition coefficient (Wildman–Crippen LogP) is -7.94. The summed E-state index contributed by atoms with van der Waals surface area (Å²) in [6.07, 6.45) is -24.8. The van der Waals surface area contributed by atoms with Gasteiger partial charge in [0.15, 0.2) is 12.6 Å². The quantitative estimate of drug-likeness (QED) is 0.124. The van der Waals surface area contributed by atoms with Gasteiger partial charge in [-0.05, 0) is 0 Å². The zero-order valence-electron chi connectivity index (χ0n) is 17.9. The highest BCUT2D eigenvalue weighted by Crippen LogP contribution is 2.27. The number of ether oxygens (including phenoxy) is 4. The molecule has 14 atom stereocenters. The molecule has 0 aliphatic carbocycles. The van der Waals surface area contributed by atoms with Crippen LogP contribution in [0.4, 0.5) is 0 Å². The maximum absolute atomic E-state index is 10.7. The van der Waals surface area contributed by atoms with E-state index < -0.39 is 112 Å². The molecule has 34 heavy (non-hydrogen) atoms. The first-order chi connectivity index (χ1) is 16.0. The fourth-order valence-electron chi connectivity index (χ4n) is 3.63. The molecule has 202 valence electrons. The Balaban J connectivity index is 2.18. The minimum Gasteiger partial charge on any atom is -0.394 e. The molecular weight excluding hydrogens is 472 g/mol. The summed E-state index contributed by atoms with van der Waals surface area (Å²) in [6, 6.07) is 0. The van der Waals surface area contributed by atoms with E-state index in [1.807, 2.05) is 0 Å². The summed E-state index contributed by atoms with van der Waals surface area (Å²) in [5, 5.41) is 118. The van der Waals surface area contributed by atoms with Crippen LogP contribution >= 0.6 is 0 Å². The second-order valence-electron chi connectivity index (χ2n) is 8.09. The standard InChI is InChI=1S/C18H34O16/c19-1-5(23)16(34-18-15(30)13(28)10(25)7(3-21)32-18)11(26)8(4-22)33-17-14(29)12(27)9(24)6(2-20)31-17/h5-30H,1-4H2/t5-,6+,7+,8+,9+,10+,11-,12-,13-,14+,15+,16+,17-,18-/m0/s1. The van der Waals surface area contributed by atoms with Crippen LogP contribution in [0.25, 0.3) is 0 Å². The van der Waals surface area contributed by atoms with Crippen molar-refractivity contribution in [3.05, 3.63) is 0 Å². The van der Waals surface area contributed by atoms with Crippen LogP contribution in [0.3, 0.4) is 0 Å². The summed E-state index contributed by atoms with van der Waals surface area (Å²) in [5.41, 5.74) is 0. The van der Waals surface area contributed by atoms with Gasteiger partial charge in [0, 0.05) is 0 Å². The van der Waals surface area contributed by atoms with E-state index in [2.05, 4.69) is 0 Å². The molecule has 16 nitrogen and oxygen atoms in total. The van der Waals surface area contributed by atoms with Gasteiger partial charge in [-0.3, -0.25) is 0 Å². The van der Waals surface area contributed by atoms with Gasteiger partial charge in [0.1, 0.15) is 73.2 Å². The Hall–Kier alpha value is -0.640. The van der Waals surface area contributed by atoms with Crippen molar-refractivity contribution in [1.29, 1.82) is 0 Å². The summed E-state index contributed by atoms with van der Waals surface area (Å²) in [4.78, 5) is 0. The number of aliphatic hydroxyl groups is 12. The first kappa shape index (κ1) is 29.6. The van der Waals surface area contributed by atoms with Crippen molar-refractivity contribution in [1.82, 2.24) is 0 Å². The molecular formula is C18H34O16. The van der Waals surface area contributed by atoms with E-state index >= 15 is 0 Å². The van der Waals surface area contributed by atoms with Crippen molar-refractivity contribution in [2.24, 2.45) is 0 Å². The maximum Gasteiger partial charge on any atom is 0.187 e. The lowest BCUT2D eigenvalue weighted by Crippen LogP contribution is -2.63. The fraction of sp³-hybridized carbons (Fsp3) is 1.00. The molecule has 16 heteroatoms. The van der Waals surface area contributed by atoms with Crippen LogP contribution in [0.1, 0.15) is 0 Å². The van der Waals surface area contributed by atoms with Crippen molar-refractivity contribution in [2.45, 2.75) is 85.8 Å². The van der Waals surface area contributed by atoms with E-state index in [0.717, 1.165) is 0 Å². The SMILES string of the molecule is OC[C@H](O)[C@@H](O[C@@H]1O[C@H](CO)[C@@H](O)[C@H](O)[C@H]1O)[C@@H](O)[C@@H](CO)O[C@@H]1O[C@H](CO)[C@@H](O)[C@H](O)[C@H]1O. The topological polar surface area (TPSA) is 280 Å². The van der Waals surface area contributed by atoms with Crippen molar-refractivity contribution in [3.63, 3.8) is 0 Å². The van der Waals surface area contributed by atoms with Crippen LogP contribution in [0, 0.1) is 0 Å². The Labute approximate surface area is 193 Å². The molecule has 2 saturated heterocycles. The Bertz CT molecular complexity index is 594. The van der Waals surface area contributed by atoms with Gasteiger partial charge in [-0.1, -0.05) is 0 Å². The molecule has 0 aromatic rings. The van der Waals surface area contributed by atoms with E-state index in [-0.39, 0.29) is 0 Å². The molecule has 2 rings (SSSR count). The average molecular weight is 506 g/mol. The lowest BCUT2D eigenvalue weighted by atomic mass is 9.98. The van der Waals surface area contributed by atoms with Crippen LogP contribution in [0.5, 0.6) is 0 Å². The molecule has 12 N–H and O–H groups in total. The Morgan fingerprint density at radius 3 is 1.41 bits per heavy atom. The van der Waals surface area contributed by atoms with Crippen LogP contribution in [-0.4, -0.2) is 174 Å². The van der Waals surface area contributed by atoms with Crippen molar-refractivity contribution < 1.29 is 80.2 Å². The Morgan fingerprint density at radius 1 is 0.588 bits per heavy atom. The highest BCUT2D eigenvalue weighted by atomic mass is 16.7. The molecule has 0 saturated carbocycles. The molecule has 0 amide bonds. The molecule has 0 unspecified atom stereocenters. The van der Waals surface area contributed by atoms with Gasteiger partial charge < -0.3 is 80.2 Å². The van der Waals surface area contributed by atoms with Gasteiger partial charge in [0.2, 0.25) is 0 Å². The maximum atomic E-state index is 10.7. The second-order valence-corrected chi connectivity index (χ2v) is 8.09. The smallest absolute Gasteiger partial charge is 0.187 e. The van der Waals surface area contributed by atoms with Gasteiger partial charge in [0.25, 0.3) is 0 Å². The molecule has 0 bridgehead atoms. The summed E-state index contributed by atoms with van der Waals surface area (Å²) >= 11 is 0. The van der Waals surface area contributed by atoms with E-state index in [1.165, 1.54) is 0 Å². The molecule has 0 spiro atoms. The van der Waals surface area contributed by atoms with Crippen LogP contribution in [-0.2, 0) is 18.9 Å². The van der Waals surface area contributed by atoms with E-state index in [4.69, 9.17) is 18.9 Å². The predicted molar refractivity (Wildman–Crippen MR) is 103 cm³/mol. The van der Waals surface area contributed by atoms with Gasteiger partial charge in [-0.2, -0.15) is 0 Å². The van der Waals surface area contributed by atoms with E-state index in [9.17, 15) is 61.3 Å². The first-order valence-electron chi connectivity index (χ1n) is 10.5. The zero-order chi connectivity index (χ0) is 25.7. The minimum absolute atomic E-state index is 0.775. The van der Waals surface area contributed by atoms with E-state index in [1.54, 1.807) is 0 Å². The average Bonchev–Trinajstić information content (AvgIpc) is 2.84. The Morgan fingerprint density at radius 2 is 1.03 bits per heavy atom. The van der Waals surface area contributed by atoms with Crippen LogP contribution in [0.2, 0.25) is 0 Å². The second kappa shape index (κ2) is 13.1. The lowest BCUT2D eigenvalue weighted by Gasteiger charge is -2.43. The summed E-state index contributed by atoms with van der Waals surface area (Å²) < 4.78 is 20.9. The van der Waals surface area contributed by atoms with Gasteiger partial charge in [0.05, 0.1) is 26.4 Å². The summed E-state index contributed by atoms with van der Waals surface area (Å²) in [5.74, 6) is 0. The normalized spacial score (nSPS) is 42.7. The van der Waals surface area contributed by atoms with Crippen molar-refractivity contribution >= 4 is 0 Å². The minimum atomic E-state index is -2.04. The monoisotopic (exact) mass is 506 g/mol. The molecule has 2 heterocycles.